The molecule has 0 fully saturated rings. The molecule has 0 aliphatic heterocycles. The summed E-state index contributed by atoms with van der Waals surface area (Å²) in [6.45, 7) is 12.3. The van der Waals surface area contributed by atoms with Gasteiger partial charge in [0.05, 0.1) is 0 Å². The topological polar surface area (TPSA) is 12.0 Å². The van der Waals surface area contributed by atoms with Crippen LogP contribution in [0.25, 0.3) is 0 Å². The lowest BCUT2D eigenvalue weighted by atomic mass is 9.92. The molecular weight excluding hydrogens is 194 g/mol. The molecule has 1 nitrogen and oxygen atoms in total. The molecule has 0 aliphatic rings. The highest BCUT2D eigenvalue weighted by molar-refractivity contribution is 5.57. The molecule has 90 valence electrons. The molecular formula is C15H25N. The van der Waals surface area contributed by atoms with Crippen molar-refractivity contribution in [2.75, 3.05) is 11.9 Å². The fourth-order valence-corrected chi connectivity index (χ4v) is 1.84. The van der Waals surface area contributed by atoms with E-state index in [2.05, 4.69) is 58.1 Å². The number of aryl methyl sites for hydroxylation is 2. The Bertz CT molecular complexity index is 334. The van der Waals surface area contributed by atoms with E-state index in [0.29, 0.717) is 5.41 Å². The zero-order chi connectivity index (χ0) is 12.2. The Balaban J connectivity index is 2.66. The van der Waals surface area contributed by atoms with E-state index >= 15 is 0 Å². The Morgan fingerprint density at radius 2 is 1.88 bits per heavy atom. The van der Waals surface area contributed by atoms with Gasteiger partial charge in [-0.1, -0.05) is 45.9 Å². The van der Waals surface area contributed by atoms with Crippen LogP contribution >= 0.6 is 0 Å². The van der Waals surface area contributed by atoms with Crippen molar-refractivity contribution in [3.8, 4) is 0 Å². The van der Waals surface area contributed by atoms with E-state index in [1.54, 1.807) is 0 Å². The Kier molecular flexibility index (Phi) is 4.40. The van der Waals surface area contributed by atoms with Crippen LogP contribution in [0, 0.1) is 12.3 Å². The van der Waals surface area contributed by atoms with Crippen molar-refractivity contribution < 1.29 is 0 Å². The minimum atomic E-state index is 0.405. The summed E-state index contributed by atoms with van der Waals surface area (Å²) in [7, 11) is 0. The van der Waals surface area contributed by atoms with Crippen molar-refractivity contribution >= 4 is 5.69 Å². The number of nitrogens with one attached hydrogen (secondary N) is 1. The second kappa shape index (κ2) is 5.38. The number of anilines is 1. The standard InChI is InChI=1S/C15H25N/c1-6-13-9-7-8-12(2)14(13)16-11-10-15(3,4)5/h7-9,16H,6,10-11H2,1-5H3. The van der Waals surface area contributed by atoms with Crippen molar-refractivity contribution in [2.24, 2.45) is 5.41 Å². The van der Waals surface area contributed by atoms with Gasteiger partial charge in [-0.2, -0.15) is 0 Å². The van der Waals surface area contributed by atoms with Crippen LogP contribution in [0.15, 0.2) is 18.2 Å². The van der Waals surface area contributed by atoms with Gasteiger partial charge in [-0.3, -0.25) is 0 Å². The molecule has 1 N–H and O–H groups in total. The third-order valence-corrected chi connectivity index (χ3v) is 2.92. The fourth-order valence-electron chi connectivity index (χ4n) is 1.84. The molecule has 0 aliphatic carbocycles. The van der Waals surface area contributed by atoms with Gasteiger partial charge in [0.2, 0.25) is 0 Å². The largest absolute Gasteiger partial charge is 0.385 e. The van der Waals surface area contributed by atoms with Crippen molar-refractivity contribution in [3.63, 3.8) is 0 Å². The molecule has 0 saturated carbocycles. The predicted molar refractivity (Wildman–Crippen MR) is 73.1 cm³/mol. The third kappa shape index (κ3) is 3.88. The summed E-state index contributed by atoms with van der Waals surface area (Å²) in [4.78, 5) is 0. The van der Waals surface area contributed by atoms with Gasteiger partial charge in [-0.05, 0) is 36.3 Å². The lowest BCUT2D eigenvalue weighted by Gasteiger charge is -2.20. The Labute approximate surface area is 100 Å². The molecule has 0 heterocycles. The molecule has 0 spiro atoms. The number of hydrogen-bond donors (Lipinski definition) is 1. The molecule has 1 heteroatoms. The van der Waals surface area contributed by atoms with Crippen molar-refractivity contribution in [1.29, 1.82) is 0 Å². The fraction of sp³-hybridized carbons (Fsp3) is 0.600. The summed E-state index contributed by atoms with van der Waals surface area (Å²) in [6, 6.07) is 6.54. The van der Waals surface area contributed by atoms with Gasteiger partial charge in [0, 0.05) is 12.2 Å². The average molecular weight is 219 g/mol. The minimum Gasteiger partial charge on any atom is -0.385 e. The van der Waals surface area contributed by atoms with Crippen LogP contribution in [-0.4, -0.2) is 6.54 Å². The first-order valence-electron chi connectivity index (χ1n) is 6.26. The van der Waals surface area contributed by atoms with E-state index in [0.717, 1.165) is 13.0 Å². The molecule has 0 amide bonds. The maximum atomic E-state index is 3.59. The second-order valence-electron chi connectivity index (χ2n) is 5.70. The maximum absolute atomic E-state index is 3.59. The molecule has 0 atom stereocenters. The quantitative estimate of drug-likeness (QED) is 0.791. The molecule has 1 aromatic carbocycles. The lowest BCUT2D eigenvalue weighted by molar-refractivity contribution is 0.389. The highest BCUT2D eigenvalue weighted by Crippen LogP contribution is 2.23. The zero-order valence-electron chi connectivity index (χ0n) is 11.4. The Morgan fingerprint density at radius 3 is 2.44 bits per heavy atom. The summed E-state index contributed by atoms with van der Waals surface area (Å²) in [6.07, 6.45) is 2.30. The first-order chi connectivity index (χ1) is 7.44. The van der Waals surface area contributed by atoms with E-state index in [9.17, 15) is 0 Å². The van der Waals surface area contributed by atoms with E-state index in [4.69, 9.17) is 0 Å². The van der Waals surface area contributed by atoms with Crippen LogP contribution in [0.5, 0.6) is 0 Å². The summed E-state index contributed by atoms with van der Waals surface area (Å²) < 4.78 is 0. The lowest BCUT2D eigenvalue weighted by Crippen LogP contribution is -2.14. The highest BCUT2D eigenvalue weighted by Gasteiger charge is 2.10. The summed E-state index contributed by atoms with van der Waals surface area (Å²) in [5.74, 6) is 0. The normalized spacial score (nSPS) is 11.6. The first kappa shape index (κ1) is 13.1. The van der Waals surface area contributed by atoms with Crippen molar-refractivity contribution in [3.05, 3.63) is 29.3 Å². The monoisotopic (exact) mass is 219 g/mol. The molecule has 16 heavy (non-hydrogen) atoms. The van der Waals surface area contributed by atoms with Gasteiger partial charge in [-0.25, -0.2) is 0 Å². The smallest absolute Gasteiger partial charge is 0.0402 e. The van der Waals surface area contributed by atoms with Crippen LogP contribution in [0.4, 0.5) is 5.69 Å². The van der Waals surface area contributed by atoms with E-state index in [1.807, 2.05) is 0 Å². The van der Waals surface area contributed by atoms with Gasteiger partial charge in [0.1, 0.15) is 0 Å². The van der Waals surface area contributed by atoms with Crippen LogP contribution in [0.3, 0.4) is 0 Å². The molecule has 0 aromatic heterocycles. The summed E-state index contributed by atoms with van der Waals surface area (Å²) in [5, 5.41) is 3.59. The Morgan fingerprint density at radius 1 is 1.19 bits per heavy atom. The van der Waals surface area contributed by atoms with E-state index < -0.39 is 0 Å². The first-order valence-corrected chi connectivity index (χ1v) is 6.26. The van der Waals surface area contributed by atoms with Crippen molar-refractivity contribution in [1.82, 2.24) is 0 Å². The van der Waals surface area contributed by atoms with Gasteiger partial charge in [0.15, 0.2) is 0 Å². The zero-order valence-corrected chi connectivity index (χ0v) is 11.4. The third-order valence-electron chi connectivity index (χ3n) is 2.92. The van der Waals surface area contributed by atoms with Gasteiger partial charge < -0.3 is 5.32 Å². The molecule has 0 saturated heterocycles. The molecule has 0 unspecified atom stereocenters. The SMILES string of the molecule is CCc1cccc(C)c1NCCC(C)(C)C. The Hall–Kier alpha value is -0.980. The maximum Gasteiger partial charge on any atom is 0.0402 e. The molecule has 1 aromatic rings. The van der Waals surface area contributed by atoms with Gasteiger partial charge in [0.25, 0.3) is 0 Å². The number of hydrogen-bond acceptors (Lipinski definition) is 1. The van der Waals surface area contributed by atoms with E-state index in [1.165, 1.54) is 23.2 Å². The predicted octanol–water partition coefficient (Wildman–Crippen LogP) is 4.41. The van der Waals surface area contributed by atoms with Crippen LogP contribution in [-0.2, 0) is 6.42 Å². The highest BCUT2D eigenvalue weighted by atomic mass is 14.9. The van der Waals surface area contributed by atoms with Crippen LogP contribution in [0.2, 0.25) is 0 Å². The van der Waals surface area contributed by atoms with Crippen LogP contribution in [0.1, 0.15) is 45.2 Å². The average Bonchev–Trinajstić information content (AvgIpc) is 2.18. The number of para-hydroxylation sites is 1. The molecule has 0 bridgehead atoms. The van der Waals surface area contributed by atoms with Crippen LogP contribution < -0.4 is 5.32 Å². The summed E-state index contributed by atoms with van der Waals surface area (Å²) in [5.41, 5.74) is 4.53. The minimum absolute atomic E-state index is 0.405. The summed E-state index contributed by atoms with van der Waals surface area (Å²) >= 11 is 0. The second-order valence-corrected chi connectivity index (χ2v) is 5.70. The van der Waals surface area contributed by atoms with Gasteiger partial charge in [-0.15, -0.1) is 0 Å². The van der Waals surface area contributed by atoms with Gasteiger partial charge >= 0.3 is 0 Å². The van der Waals surface area contributed by atoms with E-state index in [-0.39, 0.29) is 0 Å². The number of rotatable bonds is 4. The molecule has 1 rings (SSSR count). The number of benzene rings is 1. The van der Waals surface area contributed by atoms with Crippen molar-refractivity contribution in [2.45, 2.75) is 47.5 Å². The molecule has 0 radical (unpaired) electrons.